The van der Waals surface area contributed by atoms with E-state index < -0.39 is 33.4 Å². The molecule has 2 fully saturated rings. The van der Waals surface area contributed by atoms with Crippen LogP contribution in [0.2, 0.25) is 0 Å². The molecule has 30 heavy (non-hydrogen) atoms. The van der Waals surface area contributed by atoms with Gasteiger partial charge in [0.1, 0.15) is 5.82 Å². The molecule has 2 aliphatic heterocycles. The van der Waals surface area contributed by atoms with E-state index in [2.05, 4.69) is 15.6 Å². The molecule has 0 radical (unpaired) electrons. The van der Waals surface area contributed by atoms with Crippen molar-refractivity contribution in [2.45, 2.75) is 12.0 Å². The number of amides is 2. The number of morpholine rings is 1. The number of rotatable bonds is 5. The third-order valence-corrected chi connectivity index (χ3v) is 7.02. The Kier molecular flexibility index (Phi) is 5.28. The highest BCUT2D eigenvalue weighted by molar-refractivity contribution is 7.88. The molecular formula is C19H25N5O5S. The number of aryl methyl sites for hydroxylation is 1. The normalized spacial score (nSPS) is 25.0. The Morgan fingerprint density at radius 1 is 1.40 bits per heavy atom. The summed E-state index contributed by atoms with van der Waals surface area (Å²) in [5.74, 6) is -0.956. The number of imidazole rings is 1. The van der Waals surface area contributed by atoms with E-state index in [0.29, 0.717) is 19.5 Å². The number of carbonyl (C=O) groups is 2. The standard InChI is InChI=1S/C19H25N5O5S/c1-23-15-6-4-3-5-14(15)22-16(23)7-8-20-17(25)13-11-24(30(2,27)28)12-19(13)18(26)21-9-10-29-19/h3-6,13H,7-12H2,1-2H3,(H,20,25)(H,21,26)/t13-,19-/m1/s1. The van der Waals surface area contributed by atoms with Crippen molar-refractivity contribution in [1.29, 1.82) is 0 Å². The summed E-state index contributed by atoms with van der Waals surface area (Å²) in [7, 11) is -1.65. The molecule has 2 atom stereocenters. The van der Waals surface area contributed by atoms with Crippen molar-refractivity contribution in [3.63, 3.8) is 0 Å². The number of hydrogen-bond donors (Lipinski definition) is 2. The molecule has 0 unspecified atom stereocenters. The Bertz CT molecular complexity index is 1100. The number of carbonyl (C=O) groups excluding carboxylic acids is 2. The molecule has 2 N–H and O–H groups in total. The van der Waals surface area contributed by atoms with Gasteiger partial charge in [0.2, 0.25) is 15.9 Å². The topological polar surface area (TPSA) is 123 Å². The van der Waals surface area contributed by atoms with Gasteiger partial charge in [-0.15, -0.1) is 0 Å². The van der Waals surface area contributed by atoms with Crippen molar-refractivity contribution in [2.75, 3.05) is 39.0 Å². The first-order valence-electron chi connectivity index (χ1n) is 9.78. The van der Waals surface area contributed by atoms with Gasteiger partial charge in [0, 0.05) is 33.1 Å². The number of aromatic nitrogens is 2. The molecule has 10 nitrogen and oxygen atoms in total. The third-order valence-electron chi connectivity index (χ3n) is 5.81. The summed E-state index contributed by atoms with van der Waals surface area (Å²) >= 11 is 0. The quantitative estimate of drug-likeness (QED) is 0.622. The largest absolute Gasteiger partial charge is 0.361 e. The van der Waals surface area contributed by atoms with E-state index in [1.807, 2.05) is 35.9 Å². The van der Waals surface area contributed by atoms with E-state index in [-0.39, 0.29) is 19.7 Å². The van der Waals surface area contributed by atoms with Gasteiger partial charge in [-0.05, 0) is 12.1 Å². The molecule has 3 heterocycles. The molecule has 1 spiro atoms. The lowest BCUT2D eigenvalue weighted by Gasteiger charge is -2.36. The molecule has 2 saturated heterocycles. The van der Waals surface area contributed by atoms with Crippen LogP contribution in [0.3, 0.4) is 0 Å². The zero-order valence-electron chi connectivity index (χ0n) is 16.9. The molecule has 0 saturated carbocycles. The fourth-order valence-electron chi connectivity index (χ4n) is 4.16. The van der Waals surface area contributed by atoms with Crippen molar-refractivity contribution in [3.05, 3.63) is 30.1 Å². The van der Waals surface area contributed by atoms with Gasteiger partial charge in [-0.25, -0.2) is 13.4 Å². The molecule has 0 bridgehead atoms. The predicted octanol–water partition coefficient (Wildman–Crippen LogP) is -0.991. The van der Waals surface area contributed by atoms with Gasteiger partial charge in [0.25, 0.3) is 5.91 Å². The molecule has 2 aliphatic rings. The summed E-state index contributed by atoms with van der Waals surface area (Å²) in [4.78, 5) is 30.1. The number of nitrogens with one attached hydrogen (secondary N) is 2. The molecule has 0 aliphatic carbocycles. The second-order valence-electron chi connectivity index (χ2n) is 7.72. The molecule has 4 rings (SSSR count). The lowest BCUT2D eigenvalue weighted by molar-refractivity contribution is -0.163. The summed E-state index contributed by atoms with van der Waals surface area (Å²) in [6, 6.07) is 7.77. The fourth-order valence-corrected chi connectivity index (χ4v) is 5.01. The zero-order valence-corrected chi connectivity index (χ0v) is 17.7. The van der Waals surface area contributed by atoms with Crippen LogP contribution in [0.25, 0.3) is 11.0 Å². The molecular weight excluding hydrogens is 410 g/mol. The SMILES string of the molecule is Cn1c(CCNC(=O)[C@H]2CN(S(C)(=O)=O)C[C@@]23OCCNC3=O)nc2ccccc21. The van der Waals surface area contributed by atoms with Gasteiger partial charge in [0.15, 0.2) is 5.60 Å². The highest BCUT2D eigenvalue weighted by atomic mass is 32.2. The Morgan fingerprint density at radius 3 is 2.87 bits per heavy atom. The smallest absolute Gasteiger partial charge is 0.254 e. The van der Waals surface area contributed by atoms with Crippen LogP contribution in [0.1, 0.15) is 5.82 Å². The number of fused-ring (bicyclic) bond motifs is 1. The molecule has 1 aromatic heterocycles. The molecule has 1 aromatic carbocycles. The maximum absolute atomic E-state index is 13.0. The maximum Gasteiger partial charge on any atom is 0.254 e. The minimum Gasteiger partial charge on any atom is -0.361 e. The highest BCUT2D eigenvalue weighted by Crippen LogP contribution is 2.34. The zero-order chi connectivity index (χ0) is 21.5. The lowest BCUT2D eigenvalue weighted by atomic mass is 9.87. The maximum atomic E-state index is 13.0. The van der Waals surface area contributed by atoms with Crippen LogP contribution >= 0.6 is 0 Å². The van der Waals surface area contributed by atoms with Gasteiger partial charge in [-0.1, -0.05) is 12.1 Å². The summed E-state index contributed by atoms with van der Waals surface area (Å²) in [5, 5.41) is 5.53. The second kappa shape index (κ2) is 7.64. The fraction of sp³-hybridized carbons (Fsp3) is 0.526. The predicted molar refractivity (Wildman–Crippen MR) is 109 cm³/mol. The number of ether oxygens (including phenoxy) is 1. The summed E-state index contributed by atoms with van der Waals surface area (Å²) < 4.78 is 32.9. The van der Waals surface area contributed by atoms with E-state index >= 15 is 0 Å². The van der Waals surface area contributed by atoms with Crippen LogP contribution in [-0.4, -0.2) is 78.7 Å². The summed E-state index contributed by atoms with van der Waals surface area (Å²) in [6.45, 7) is 0.613. The Morgan fingerprint density at radius 2 is 2.17 bits per heavy atom. The minimum atomic E-state index is -3.57. The number of hydrogen-bond acceptors (Lipinski definition) is 6. The van der Waals surface area contributed by atoms with Gasteiger partial charge >= 0.3 is 0 Å². The van der Waals surface area contributed by atoms with Gasteiger partial charge in [-0.2, -0.15) is 4.31 Å². The van der Waals surface area contributed by atoms with E-state index in [1.165, 1.54) is 0 Å². The van der Waals surface area contributed by atoms with Crippen LogP contribution in [0.5, 0.6) is 0 Å². The van der Waals surface area contributed by atoms with Crippen molar-refractivity contribution in [3.8, 4) is 0 Å². The lowest BCUT2D eigenvalue weighted by Crippen LogP contribution is -2.62. The number of sulfonamides is 1. The van der Waals surface area contributed by atoms with Crippen LogP contribution in [0, 0.1) is 5.92 Å². The summed E-state index contributed by atoms with van der Waals surface area (Å²) in [5.41, 5.74) is 0.389. The number of nitrogens with zero attached hydrogens (tertiary/aromatic N) is 3. The Hall–Kier alpha value is -2.50. The second-order valence-corrected chi connectivity index (χ2v) is 9.70. The van der Waals surface area contributed by atoms with E-state index in [0.717, 1.165) is 27.4 Å². The highest BCUT2D eigenvalue weighted by Gasteiger charge is 2.59. The monoisotopic (exact) mass is 435 g/mol. The van der Waals surface area contributed by atoms with Crippen LogP contribution < -0.4 is 10.6 Å². The van der Waals surface area contributed by atoms with Crippen LogP contribution in [-0.2, 0) is 37.8 Å². The van der Waals surface area contributed by atoms with E-state index in [1.54, 1.807) is 0 Å². The molecule has 2 amide bonds. The van der Waals surface area contributed by atoms with Crippen molar-refractivity contribution in [1.82, 2.24) is 24.5 Å². The molecule has 162 valence electrons. The van der Waals surface area contributed by atoms with Gasteiger partial charge in [-0.3, -0.25) is 9.59 Å². The third kappa shape index (κ3) is 3.57. The minimum absolute atomic E-state index is 0.0929. The first-order chi connectivity index (χ1) is 14.2. The summed E-state index contributed by atoms with van der Waals surface area (Å²) in [6.07, 6.45) is 1.56. The first kappa shape index (κ1) is 20.8. The average molecular weight is 436 g/mol. The number of para-hydroxylation sites is 2. The number of benzene rings is 1. The first-order valence-corrected chi connectivity index (χ1v) is 11.6. The Balaban J connectivity index is 1.48. The van der Waals surface area contributed by atoms with Crippen molar-refractivity contribution >= 4 is 32.9 Å². The van der Waals surface area contributed by atoms with Crippen molar-refractivity contribution < 1.29 is 22.7 Å². The molecule has 11 heteroatoms. The average Bonchev–Trinajstić information content (AvgIpc) is 3.24. The van der Waals surface area contributed by atoms with Crippen LogP contribution in [0.15, 0.2) is 24.3 Å². The Labute approximate surface area is 174 Å². The van der Waals surface area contributed by atoms with E-state index in [9.17, 15) is 18.0 Å². The van der Waals surface area contributed by atoms with Gasteiger partial charge < -0.3 is 19.9 Å². The van der Waals surface area contributed by atoms with Crippen LogP contribution in [0.4, 0.5) is 0 Å². The van der Waals surface area contributed by atoms with E-state index in [4.69, 9.17) is 4.74 Å². The van der Waals surface area contributed by atoms with Gasteiger partial charge in [0.05, 0.1) is 36.4 Å². The van der Waals surface area contributed by atoms with Crippen molar-refractivity contribution in [2.24, 2.45) is 13.0 Å². The molecule has 2 aromatic rings.